The summed E-state index contributed by atoms with van der Waals surface area (Å²) in [7, 11) is 0. The largest absolute Gasteiger partial charge is 0.394 e. The molecule has 70 valence electrons. The van der Waals surface area contributed by atoms with E-state index in [1.807, 2.05) is 0 Å². The Morgan fingerprint density at radius 3 is 1.73 bits per heavy atom. The molecule has 0 aromatic heterocycles. The molecule has 0 bridgehead atoms. The Hall–Kier alpha value is -0.160. The van der Waals surface area contributed by atoms with Crippen molar-refractivity contribution in [3.05, 3.63) is 0 Å². The molecule has 0 amide bonds. The van der Waals surface area contributed by atoms with Gasteiger partial charge in [0.25, 0.3) is 0 Å². The molecule has 4 N–H and O–H groups in total. The SMILES string of the molecule is CCCN.OCCOCCO. The van der Waals surface area contributed by atoms with Gasteiger partial charge in [0.2, 0.25) is 0 Å². The number of nitrogens with two attached hydrogens (primary N) is 1. The number of ether oxygens (including phenoxy) is 1. The molecule has 0 atom stereocenters. The van der Waals surface area contributed by atoms with Gasteiger partial charge in [-0.25, -0.2) is 0 Å². The van der Waals surface area contributed by atoms with E-state index in [4.69, 9.17) is 15.9 Å². The molecule has 0 aliphatic rings. The summed E-state index contributed by atoms with van der Waals surface area (Å²) < 4.78 is 4.63. The number of hydrogen-bond acceptors (Lipinski definition) is 4. The number of aliphatic hydroxyl groups is 2. The third-order valence-corrected chi connectivity index (χ3v) is 0.760. The predicted octanol–water partition coefficient (Wildman–Crippen LogP) is -0.657. The van der Waals surface area contributed by atoms with E-state index in [-0.39, 0.29) is 13.2 Å². The van der Waals surface area contributed by atoms with Crippen LogP contribution in [0.2, 0.25) is 0 Å². The standard InChI is InChI=1S/C4H10O3.C3H9N/c5-1-3-7-4-2-6;1-2-3-4/h5-6H,1-4H2;2-4H2,1H3. The Bertz CT molecular complexity index is 47.0. The first-order chi connectivity index (χ1) is 5.33. The van der Waals surface area contributed by atoms with Crippen LogP contribution in [0, 0.1) is 0 Å². The van der Waals surface area contributed by atoms with Crippen LogP contribution in [0.25, 0.3) is 0 Å². The van der Waals surface area contributed by atoms with Crippen molar-refractivity contribution >= 4 is 0 Å². The van der Waals surface area contributed by atoms with Gasteiger partial charge < -0.3 is 20.7 Å². The van der Waals surface area contributed by atoms with E-state index in [0.29, 0.717) is 13.2 Å². The quantitative estimate of drug-likeness (QED) is 0.473. The number of hydrogen-bond donors (Lipinski definition) is 3. The van der Waals surface area contributed by atoms with Crippen molar-refractivity contribution in [1.82, 2.24) is 0 Å². The van der Waals surface area contributed by atoms with Crippen LogP contribution in [0.15, 0.2) is 0 Å². The average molecular weight is 165 g/mol. The minimum Gasteiger partial charge on any atom is -0.394 e. The van der Waals surface area contributed by atoms with Crippen molar-refractivity contribution in [3.8, 4) is 0 Å². The third-order valence-electron chi connectivity index (χ3n) is 0.760. The minimum atomic E-state index is 0.0278. The maximum absolute atomic E-state index is 8.09. The molecule has 0 heterocycles. The number of aliphatic hydroxyl groups excluding tert-OH is 2. The highest BCUT2D eigenvalue weighted by Crippen LogP contribution is 1.68. The van der Waals surface area contributed by atoms with Crippen LogP contribution in [0.1, 0.15) is 13.3 Å². The second-order valence-electron chi connectivity index (χ2n) is 1.85. The van der Waals surface area contributed by atoms with Gasteiger partial charge in [-0.15, -0.1) is 0 Å². The fraction of sp³-hybridized carbons (Fsp3) is 1.00. The molecule has 0 rings (SSSR count). The van der Waals surface area contributed by atoms with E-state index in [0.717, 1.165) is 13.0 Å². The van der Waals surface area contributed by atoms with Crippen molar-refractivity contribution < 1.29 is 14.9 Å². The lowest BCUT2D eigenvalue weighted by atomic mass is 10.5. The lowest BCUT2D eigenvalue weighted by molar-refractivity contribution is 0.0650. The second-order valence-corrected chi connectivity index (χ2v) is 1.85. The van der Waals surface area contributed by atoms with Crippen LogP contribution in [-0.2, 0) is 4.74 Å². The summed E-state index contributed by atoms with van der Waals surface area (Å²) in [6.45, 7) is 3.57. The maximum Gasteiger partial charge on any atom is 0.0698 e. The smallest absolute Gasteiger partial charge is 0.0698 e. The maximum atomic E-state index is 8.09. The first-order valence-corrected chi connectivity index (χ1v) is 3.83. The van der Waals surface area contributed by atoms with Crippen molar-refractivity contribution in [2.24, 2.45) is 5.73 Å². The molecule has 4 heteroatoms. The number of rotatable bonds is 5. The van der Waals surface area contributed by atoms with Crippen LogP contribution in [-0.4, -0.2) is 43.2 Å². The predicted molar refractivity (Wildman–Crippen MR) is 44.3 cm³/mol. The molecule has 0 aromatic rings. The van der Waals surface area contributed by atoms with Crippen LogP contribution in [0.3, 0.4) is 0 Å². The average Bonchev–Trinajstić information content (AvgIpc) is 2.06. The fourth-order valence-corrected chi connectivity index (χ4v) is 0.231. The fourth-order valence-electron chi connectivity index (χ4n) is 0.231. The van der Waals surface area contributed by atoms with Crippen molar-refractivity contribution in [2.75, 3.05) is 33.0 Å². The zero-order chi connectivity index (χ0) is 8.95. The Balaban J connectivity index is 0. The zero-order valence-corrected chi connectivity index (χ0v) is 7.12. The van der Waals surface area contributed by atoms with E-state index in [1.165, 1.54) is 0 Å². The molecule has 4 nitrogen and oxygen atoms in total. The highest BCUT2D eigenvalue weighted by Gasteiger charge is 1.79. The van der Waals surface area contributed by atoms with Crippen LogP contribution >= 0.6 is 0 Å². The lowest BCUT2D eigenvalue weighted by Crippen LogP contribution is -2.03. The topological polar surface area (TPSA) is 75.7 Å². The highest BCUT2D eigenvalue weighted by molar-refractivity contribution is 4.24. The molecule has 0 aliphatic heterocycles. The zero-order valence-electron chi connectivity index (χ0n) is 7.12. The molecule has 0 radical (unpaired) electrons. The van der Waals surface area contributed by atoms with Gasteiger partial charge in [-0.05, 0) is 13.0 Å². The highest BCUT2D eigenvalue weighted by atomic mass is 16.5. The van der Waals surface area contributed by atoms with E-state index in [9.17, 15) is 0 Å². The van der Waals surface area contributed by atoms with Crippen LogP contribution < -0.4 is 5.73 Å². The summed E-state index contributed by atoms with van der Waals surface area (Å²) in [6, 6.07) is 0. The summed E-state index contributed by atoms with van der Waals surface area (Å²) in [4.78, 5) is 0. The molecule has 0 fully saturated rings. The molecule has 0 spiro atoms. The van der Waals surface area contributed by atoms with Gasteiger partial charge in [-0.2, -0.15) is 0 Å². The Morgan fingerprint density at radius 2 is 1.55 bits per heavy atom. The van der Waals surface area contributed by atoms with Gasteiger partial charge in [0.15, 0.2) is 0 Å². The Kier molecular flexibility index (Phi) is 20.1. The molecule has 0 unspecified atom stereocenters. The molecule has 0 aliphatic carbocycles. The van der Waals surface area contributed by atoms with Gasteiger partial charge in [0.1, 0.15) is 0 Å². The first-order valence-electron chi connectivity index (χ1n) is 3.83. The molecule has 0 saturated carbocycles. The van der Waals surface area contributed by atoms with E-state index in [1.54, 1.807) is 0 Å². The summed E-state index contributed by atoms with van der Waals surface area (Å²) in [5.74, 6) is 0. The summed E-state index contributed by atoms with van der Waals surface area (Å²) in [5, 5.41) is 16.2. The van der Waals surface area contributed by atoms with Gasteiger partial charge in [0, 0.05) is 0 Å². The first kappa shape index (κ1) is 13.4. The Labute approximate surface area is 68.0 Å². The minimum absolute atomic E-state index is 0.0278. The monoisotopic (exact) mass is 165 g/mol. The van der Waals surface area contributed by atoms with Crippen molar-refractivity contribution in [1.29, 1.82) is 0 Å². The molecule has 0 saturated heterocycles. The Morgan fingerprint density at radius 1 is 1.18 bits per heavy atom. The van der Waals surface area contributed by atoms with E-state index in [2.05, 4.69) is 11.7 Å². The van der Waals surface area contributed by atoms with Crippen LogP contribution in [0.5, 0.6) is 0 Å². The summed E-state index contributed by atoms with van der Waals surface area (Å²) in [6.07, 6.45) is 1.10. The van der Waals surface area contributed by atoms with Crippen molar-refractivity contribution in [3.63, 3.8) is 0 Å². The molecular formula is C7H19NO3. The normalized spacial score (nSPS) is 8.73. The van der Waals surface area contributed by atoms with Crippen molar-refractivity contribution in [2.45, 2.75) is 13.3 Å². The summed E-state index contributed by atoms with van der Waals surface area (Å²) >= 11 is 0. The van der Waals surface area contributed by atoms with E-state index < -0.39 is 0 Å². The molecule has 0 aromatic carbocycles. The van der Waals surface area contributed by atoms with Gasteiger partial charge in [0.05, 0.1) is 26.4 Å². The third kappa shape index (κ3) is 25.8. The van der Waals surface area contributed by atoms with Gasteiger partial charge in [-0.3, -0.25) is 0 Å². The van der Waals surface area contributed by atoms with E-state index >= 15 is 0 Å². The lowest BCUT2D eigenvalue weighted by Gasteiger charge is -1.94. The molecular weight excluding hydrogens is 146 g/mol. The molecule has 11 heavy (non-hydrogen) atoms. The van der Waals surface area contributed by atoms with Gasteiger partial charge in [-0.1, -0.05) is 6.92 Å². The van der Waals surface area contributed by atoms with Gasteiger partial charge >= 0.3 is 0 Å². The van der Waals surface area contributed by atoms with Crippen LogP contribution in [0.4, 0.5) is 0 Å². The second kappa shape index (κ2) is 16.4. The summed E-state index contributed by atoms with van der Waals surface area (Å²) in [5.41, 5.74) is 5.03.